The highest BCUT2D eigenvalue weighted by atomic mass is 14.9. The van der Waals surface area contributed by atoms with E-state index in [4.69, 9.17) is 9.97 Å². The Morgan fingerprint density at radius 3 is 1.62 bits per heavy atom. The molecule has 1 aromatic heterocycles. The molecule has 0 unspecified atom stereocenters. The molecule has 2 heteroatoms. The smallest absolute Gasteiger partial charge is 0.160 e. The van der Waals surface area contributed by atoms with E-state index in [1.165, 1.54) is 38.9 Å². The highest BCUT2D eigenvalue weighted by Gasteiger charge is 2.15. The molecule has 2 nitrogen and oxygen atoms in total. The molecule has 39 heavy (non-hydrogen) atoms. The maximum absolute atomic E-state index is 5.05. The van der Waals surface area contributed by atoms with Gasteiger partial charge in [0, 0.05) is 16.7 Å². The molecule has 0 saturated carbocycles. The Hall–Kier alpha value is -4.82. The molecule has 6 rings (SSSR count). The van der Waals surface area contributed by atoms with Crippen LogP contribution in [-0.4, -0.2) is 9.97 Å². The van der Waals surface area contributed by atoms with Gasteiger partial charge < -0.3 is 0 Å². The van der Waals surface area contributed by atoms with Gasteiger partial charge in [-0.05, 0) is 71.8 Å². The molecule has 0 fully saturated rings. The van der Waals surface area contributed by atoms with Crippen LogP contribution in [0.1, 0.15) is 16.7 Å². The molecular weight excluding hydrogens is 472 g/mol. The summed E-state index contributed by atoms with van der Waals surface area (Å²) in [5, 5.41) is 0. The van der Waals surface area contributed by atoms with Gasteiger partial charge in [0.25, 0.3) is 0 Å². The number of hydrogen-bond donors (Lipinski definition) is 0. The Balaban J connectivity index is 1.51. The average molecular weight is 503 g/mol. The lowest BCUT2D eigenvalue weighted by atomic mass is 9.88. The van der Waals surface area contributed by atoms with Crippen molar-refractivity contribution in [3.63, 3.8) is 0 Å². The second-order valence-electron chi connectivity index (χ2n) is 10.0. The van der Waals surface area contributed by atoms with Crippen LogP contribution in [0.3, 0.4) is 0 Å². The van der Waals surface area contributed by atoms with Crippen molar-refractivity contribution in [1.82, 2.24) is 9.97 Å². The zero-order chi connectivity index (χ0) is 26.8. The molecule has 188 valence electrons. The van der Waals surface area contributed by atoms with Gasteiger partial charge in [-0.2, -0.15) is 0 Å². The molecule has 6 aromatic rings. The van der Waals surface area contributed by atoms with Gasteiger partial charge in [-0.3, -0.25) is 0 Å². The molecule has 0 saturated heterocycles. The van der Waals surface area contributed by atoms with Crippen LogP contribution in [0.15, 0.2) is 127 Å². The maximum Gasteiger partial charge on any atom is 0.160 e. The molecule has 5 aromatic carbocycles. The van der Waals surface area contributed by atoms with E-state index in [0.717, 1.165) is 33.9 Å². The number of benzene rings is 5. The monoisotopic (exact) mass is 502 g/mol. The fraction of sp³-hybridized carbons (Fsp3) is 0.0811. The Labute approximate surface area is 230 Å². The third-order valence-corrected chi connectivity index (χ3v) is 7.42. The molecule has 0 aliphatic rings. The fourth-order valence-corrected chi connectivity index (χ4v) is 5.23. The largest absolute Gasteiger partial charge is 0.228 e. The van der Waals surface area contributed by atoms with Crippen molar-refractivity contribution in [3.8, 4) is 56.2 Å². The third-order valence-electron chi connectivity index (χ3n) is 7.42. The van der Waals surface area contributed by atoms with E-state index < -0.39 is 0 Å². The Morgan fingerprint density at radius 2 is 0.923 bits per heavy atom. The molecule has 0 radical (unpaired) electrons. The van der Waals surface area contributed by atoms with Gasteiger partial charge >= 0.3 is 0 Å². The molecular formula is C37H30N2. The number of hydrogen-bond acceptors (Lipinski definition) is 2. The average Bonchev–Trinajstić information content (AvgIpc) is 2.99. The van der Waals surface area contributed by atoms with Gasteiger partial charge in [0.05, 0.1) is 11.4 Å². The van der Waals surface area contributed by atoms with Crippen molar-refractivity contribution in [2.75, 3.05) is 0 Å². The van der Waals surface area contributed by atoms with Crippen molar-refractivity contribution in [2.24, 2.45) is 0 Å². The number of rotatable bonds is 5. The van der Waals surface area contributed by atoms with Gasteiger partial charge in [-0.1, -0.05) is 115 Å². The predicted octanol–water partition coefficient (Wildman–Crippen LogP) is 9.74. The summed E-state index contributed by atoms with van der Waals surface area (Å²) in [7, 11) is 0. The highest BCUT2D eigenvalue weighted by molar-refractivity contribution is 5.83. The lowest BCUT2D eigenvalue weighted by molar-refractivity contribution is 1.18. The molecule has 0 spiro atoms. The highest BCUT2D eigenvalue weighted by Crippen LogP contribution is 2.37. The summed E-state index contributed by atoms with van der Waals surface area (Å²) in [6.45, 7) is 6.59. The van der Waals surface area contributed by atoms with E-state index in [1.807, 2.05) is 36.4 Å². The predicted molar refractivity (Wildman–Crippen MR) is 163 cm³/mol. The second kappa shape index (κ2) is 10.5. The van der Waals surface area contributed by atoms with Crippen LogP contribution in [0.5, 0.6) is 0 Å². The minimum absolute atomic E-state index is 0.729. The maximum atomic E-state index is 5.05. The molecule has 1 heterocycles. The SMILES string of the molecule is Cc1ccccc1-c1cccc(-c2cc(-c3cc(-c4ccccc4)nc(-c4ccccc4)n3)ccc2C)c1C. The lowest BCUT2D eigenvalue weighted by Crippen LogP contribution is -1.97. The molecule has 0 atom stereocenters. The number of aryl methyl sites for hydroxylation is 2. The zero-order valence-electron chi connectivity index (χ0n) is 22.5. The number of nitrogens with zero attached hydrogens (tertiary/aromatic N) is 2. The Bertz CT molecular complexity index is 1710. The van der Waals surface area contributed by atoms with Crippen LogP contribution < -0.4 is 0 Å². The van der Waals surface area contributed by atoms with E-state index in [-0.39, 0.29) is 0 Å². The van der Waals surface area contributed by atoms with Gasteiger partial charge in [0.2, 0.25) is 0 Å². The van der Waals surface area contributed by atoms with Crippen LogP contribution in [0.4, 0.5) is 0 Å². The summed E-state index contributed by atoms with van der Waals surface area (Å²) < 4.78 is 0. The first kappa shape index (κ1) is 24.5. The summed E-state index contributed by atoms with van der Waals surface area (Å²) in [6, 6.07) is 44.5. The normalized spacial score (nSPS) is 10.9. The van der Waals surface area contributed by atoms with E-state index >= 15 is 0 Å². The number of aromatic nitrogens is 2. The topological polar surface area (TPSA) is 25.8 Å². The van der Waals surface area contributed by atoms with Gasteiger partial charge in [-0.15, -0.1) is 0 Å². The van der Waals surface area contributed by atoms with E-state index in [1.54, 1.807) is 0 Å². The minimum atomic E-state index is 0.729. The quantitative estimate of drug-likeness (QED) is 0.234. The van der Waals surface area contributed by atoms with Gasteiger partial charge in [0.1, 0.15) is 0 Å². The minimum Gasteiger partial charge on any atom is -0.228 e. The summed E-state index contributed by atoms with van der Waals surface area (Å²) in [6.07, 6.45) is 0. The molecule has 0 aliphatic heterocycles. The zero-order valence-corrected chi connectivity index (χ0v) is 22.5. The van der Waals surface area contributed by atoms with Crippen molar-refractivity contribution in [1.29, 1.82) is 0 Å². The van der Waals surface area contributed by atoms with Gasteiger partial charge in [0.15, 0.2) is 5.82 Å². The van der Waals surface area contributed by atoms with Crippen LogP contribution in [0.25, 0.3) is 56.2 Å². The summed E-state index contributed by atoms with van der Waals surface area (Å²) >= 11 is 0. The Kier molecular flexibility index (Phi) is 6.61. The molecule has 0 N–H and O–H groups in total. The summed E-state index contributed by atoms with van der Waals surface area (Å²) in [5.74, 6) is 0.729. The van der Waals surface area contributed by atoms with Crippen LogP contribution in [0.2, 0.25) is 0 Å². The lowest BCUT2D eigenvalue weighted by Gasteiger charge is -2.16. The van der Waals surface area contributed by atoms with Crippen molar-refractivity contribution >= 4 is 0 Å². The first-order chi connectivity index (χ1) is 19.1. The van der Waals surface area contributed by atoms with E-state index in [0.29, 0.717) is 0 Å². The van der Waals surface area contributed by atoms with E-state index in [2.05, 4.69) is 112 Å². The fourth-order valence-electron chi connectivity index (χ4n) is 5.23. The van der Waals surface area contributed by atoms with Gasteiger partial charge in [-0.25, -0.2) is 9.97 Å². The molecule has 0 aliphatic carbocycles. The van der Waals surface area contributed by atoms with Crippen molar-refractivity contribution in [3.05, 3.63) is 144 Å². The van der Waals surface area contributed by atoms with Crippen LogP contribution in [-0.2, 0) is 0 Å². The summed E-state index contributed by atoms with van der Waals surface area (Å²) in [4.78, 5) is 10.0. The first-order valence-electron chi connectivity index (χ1n) is 13.4. The molecule has 0 amide bonds. The second-order valence-corrected chi connectivity index (χ2v) is 10.0. The van der Waals surface area contributed by atoms with E-state index in [9.17, 15) is 0 Å². The first-order valence-corrected chi connectivity index (χ1v) is 13.4. The van der Waals surface area contributed by atoms with Crippen LogP contribution >= 0.6 is 0 Å². The van der Waals surface area contributed by atoms with Crippen molar-refractivity contribution < 1.29 is 0 Å². The standard InChI is InChI=1S/C37H30N2/c1-25-13-10-11-18-31(25)32-19-12-20-33(27(32)3)34-23-30(22-21-26(34)2)36-24-35(28-14-6-4-7-15-28)38-37(39-36)29-16-8-5-9-17-29/h4-24H,1-3H3. The van der Waals surface area contributed by atoms with Crippen LogP contribution in [0, 0.1) is 20.8 Å². The summed E-state index contributed by atoms with van der Waals surface area (Å²) in [5.41, 5.74) is 13.8. The third kappa shape index (κ3) is 4.89. The molecule has 0 bridgehead atoms. The Morgan fingerprint density at radius 1 is 0.385 bits per heavy atom. The van der Waals surface area contributed by atoms with Crippen molar-refractivity contribution in [2.45, 2.75) is 20.8 Å².